The number of terminal acetylenes is 1. The van der Waals surface area contributed by atoms with Gasteiger partial charge in [0.05, 0.1) is 21.3 Å². The number of rotatable bonds is 8. The lowest BCUT2D eigenvalue weighted by atomic mass is 10.2. The van der Waals surface area contributed by atoms with Crippen molar-refractivity contribution >= 4 is 40.3 Å². The summed E-state index contributed by atoms with van der Waals surface area (Å²) < 4.78 is 11.9. The molecule has 0 saturated carbocycles. The first-order chi connectivity index (χ1) is 12.6. The van der Waals surface area contributed by atoms with E-state index < -0.39 is 4.92 Å². The zero-order chi connectivity index (χ0) is 18.9. The molecule has 0 aliphatic heterocycles. The fourth-order valence-electron chi connectivity index (χ4n) is 1.98. The van der Waals surface area contributed by atoms with E-state index in [0.29, 0.717) is 18.1 Å². The molecule has 9 heteroatoms. The zero-order valence-electron chi connectivity index (χ0n) is 13.8. The van der Waals surface area contributed by atoms with Gasteiger partial charge in [0.15, 0.2) is 11.5 Å². The van der Waals surface area contributed by atoms with Gasteiger partial charge in [-0.25, -0.2) is 4.98 Å². The summed E-state index contributed by atoms with van der Waals surface area (Å²) >= 11 is 2.11. The second-order valence-corrected chi connectivity index (χ2v) is 5.92. The topological polar surface area (TPSA) is 98.9 Å². The molecule has 2 aromatic rings. The van der Waals surface area contributed by atoms with Gasteiger partial charge in [-0.1, -0.05) is 5.92 Å². The third-order valence-corrected chi connectivity index (χ3v) is 3.80. The standard InChI is InChI=1S/C17H15IN4O4/c1-3-8-26-16-13(18)9-12(10-15(16)25-4-2)11-20-21-17-14(22(23)24)6-5-7-19-17/h1,5-7,9-11H,4,8H2,2H3,(H,19,21)/b20-11-. The first-order valence-corrected chi connectivity index (χ1v) is 8.55. The van der Waals surface area contributed by atoms with Gasteiger partial charge in [0.1, 0.15) is 6.61 Å². The van der Waals surface area contributed by atoms with Crippen molar-refractivity contribution in [1.82, 2.24) is 4.98 Å². The minimum atomic E-state index is -0.529. The SMILES string of the molecule is C#CCOc1c(I)cc(/C=N\Nc2ncccc2[N+](=O)[O-])cc1OCC. The number of hydrogen-bond acceptors (Lipinski definition) is 7. The molecule has 0 unspecified atom stereocenters. The van der Waals surface area contributed by atoms with Crippen molar-refractivity contribution < 1.29 is 14.4 Å². The normalized spacial score (nSPS) is 10.3. The van der Waals surface area contributed by atoms with E-state index in [2.05, 4.69) is 44.0 Å². The molecule has 1 N–H and O–H groups in total. The largest absolute Gasteiger partial charge is 0.490 e. The molecule has 0 radical (unpaired) electrons. The number of nitrogens with zero attached hydrogens (tertiary/aromatic N) is 3. The maximum atomic E-state index is 11.0. The summed E-state index contributed by atoms with van der Waals surface area (Å²) in [5, 5.41) is 15.0. The van der Waals surface area contributed by atoms with Gasteiger partial charge < -0.3 is 9.47 Å². The number of nitrogens with one attached hydrogen (secondary N) is 1. The summed E-state index contributed by atoms with van der Waals surface area (Å²) in [5.74, 6) is 3.58. The van der Waals surface area contributed by atoms with Crippen molar-refractivity contribution in [3.63, 3.8) is 0 Å². The lowest BCUT2D eigenvalue weighted by Gasteiger charge is -2.13. The third kappa shape index (κ3) is 5.06. The van der Waals surface area contributed by atoms with E-state index in [1.54, 1.807) is 6.07 Å². The summed E-state index contributed by atoms with van der Waals surface area (Å²) in [6, 6.07) is 6.40. The molecule has 134 valence electrons. The molecule has 0 bridgehead atoms. The highest BCUT2D eigenvalue weighted by atomic mass is 127. The van der Waals surface area contributed by atoms with E-state index >= 15 is 0 Å². The molecule has 26 heavy (non-hydrogen) atoms. The minimum absolute atomic E-state index is 0.0578. The van der Waals surface area contributed by atoms with Gasteiger partial charge in [0.25, 0.3) is 0 Å². The Bertz CT molecular complexity index is 864. The Kier molecular flexibility index (Phi) is 7.16. The molecule has 0 amide bonds. The van der Waals surface area contributed by atoms with Crippen LogP contribution in [0.1, 0.15) is 12.5 Å². The second kappa shape index (κ2) is 9.57. The fraction of sp³-hybridized carbons (Fsp3) is 0.176. The maximum Gasteiger partial charge on any atom is 0.313 e. The van der Waals surface area contributed by atoms with Crippen LogP contribution in [0, 0.1) is 26.0 Å². The van der Waals surface area contributed by atoms with Crippen molar-refractivity contribution in [2.45, 2.75) is 6.92 Å². The smallest absolute Gasteiger partial charge is 0.313 e. The van der Waals surface area contributed by atoms with Crippen LogP contribution in [0.15, 0.2) is 35.6 Å². The number of anilines is 1. The molecule has 0 aliphatic rings. The van der Waals surface area contributed by atoms with Crippen LogP contribution < -0.4 is 14.9 Å². The van der Waals surface area contributed by atoms with E-state index in [1.807, 2.05) is 13.0 Å². The van der Waals surface area contributed by atoms with Gasteiger partial charge in [0.2, 0.25) is 5.82 Å². The fourth-order valence-corrected chi connectivity index (χ4v) is 2.76. The zero-order valence-corrected chi connectivity index (χ0v) is 16.0. The van der Waals surface area contributed by atoms with Crippen molar-refractivity contribution in [2.75, 3.05) is 18.6 Å². The molecule has 0 saturated heterocycles. The molecule has 0 aliphatic carbocycles. The first-order valence-electron chi connectivity index (χ1n) is 7.48. The molecule has 1 aromatic heterocycles. The van der Waals surface area contributed by atoms with Gasteiger partial charge in [-0.3, -0.25) is 15.5 Å². The highest BCUT2D eigenvalue weighted by Crippen LogP contribution is 2.33. The van der Waals surface area contributed by atoms with Crippen LogP contribution >= 0.6 is 22.6 Å². The number of benzene rings is 1. The number of aromatic nitrogens is 1. The molecular weight excluding hydrogens is 451 g/mol. The number of nitro groups is 1. The van der Waals surface area contributed by atoms with E-state index in [0.717, 1.165) is 9.13 Å². The molecule has 0 fully saturated rings. The van der Waals surface area contributed by atoms with E-state index in [9.17, 15) is 10.1 Å². The predicted molar refractivity (Wildman–Crippen MR) is 107 cm³/mol. The minimum Gasteiger partial charge on any atom is -0.490 e. The van der Waals surface area contributed by atoms with Crippen molar-refractivity contribution in [3.05, 3.63) is 49.7 Å². The van der Waals surface area contributed by atoms with Gasteiger partial charge in [-0.2, -0.15) is 5.10 Å². The molecule has 2 rings (SSSR count). The van der Waals surface area contributed by atoms with Gasteiger partial charge in [-0.15, -0.1) is 6.42 Å². The van der Waals surface area contributed by atoms with Crippen molar-refractivity contribution in [3.8, 4) is 23.8 Å². The molecule has 1 aromatic carbocycles. The Morgan fingerprint density at radius 2 is 2.31 bits per heavy atom. The summed E-state index contributed by atoms with van der Waals surface area (Å²) in [6.45, 7) is 2.45. The predicted octanol–water partition coefficient (Wildman–Crippen LogP) is 3.45. The van der Waals surface area contributed by atoms with Crippen molar-refractivity contribution in [1.29, 1.82) is 0 Å². The highest BCUT2D eigenvalue weighted by Gasteiger charge is 2.14. The van der Waals surface area contributed by atoms with E-state index in [-0.39, 0.29) is 18.1 Å². The Morgan fingerprint density at radius 3 is 3.00 bits per heavy atom. The maximum absolute atomic E-state index is 11.0. The van der Waals surface area contributed by atoms with Crippen LogP contribution in [0.2, 0.25) is 0 Å². The Hall–Kier alpha value is -2.87. The second-order valence-electron chi connectivity index (χ2n) is 4.75. The first kappa shape index (κ1) is 19.5. The monoisotopic (exact) mass is 466 g/mol. The lowest BCUT2D eigenvalue weighted by molar-refractivity contribution is -0.384. The third-order valence-electron chi connectivity index (χ3n) is 3.00. The summed E-state index contributed by atoms with van der Waals surface area (Å²) in [7, 11) is 0. The van der Waals surface area contributed by atoms with Gasteiger partial charge in [-0.05, 0) is 53.3 Å². The van der Waals surface area contributed by atoms with Crippen LogP contribution in [0.25, 0.3) is 0 Å². The molecule has 0 spiro atoms. The van der Waals surface area contributed by atoms with Gasteiger partial charge in [0, 0.05) is 12.3 Å². The van der Waals surface area contributed by atoms with E-state index in [1.165, 1.54) is 24.5 Å². The summed E-state index contributed by atoms with van der Waals surface area (Å²) in [5.41, 5.74) is 3.14. The number of hydrogen-bond donors (Lipinski definition) is 1. The average Bonchev–Trinajstić information content (AvgIpc) is 2.61. The van der Waals surface area contributed by atoms with E-state index in [4.69, 9.17) is 15.9 Å². The van der Waals surface area contributed by atoms with Crippen LogP contribution in [-0.2, 0) is 0 Å². The Labute approximate surface area is 163 Å². The quantitative estimate of drug-likeness (QED) is 0.211. The highest BCUT2D eigenvalue weighted by molar-refractivity contribution is 14.1. The number of hydrazone groups is 1. The van der Waals surface area contributed by atoms with Crippen LogP contribution in [-0.4, -0.2) is 29.3 Å². The van der Waals surface area contributed by atoms with Gasteiger partial charge >= 0.3 is 5.69 Å². The Morgan fingerprint density at radius 1 is 1.50 bits per heavy atom. The Balaban J connectivity index is 2.23. The molecule has 0 atom stereocenters. The molecule has 8 nitrogen and oxygen atoms in total. The summed E-state index contributed by atoms with van der Waals surface area (Å²) in [4.78, 5) is 14.4. The van der Waals surface area contributed by atoms with Crippen LogP contribution in [0.5, 0.6) is 11.5 Å². The molecule has 1 heterocycles. The van der Waals surface area contributed by atoms with Crippen LogP contribution in [0.4, 0.5) is 11.5 Å². The molecular formula is C17H15IN4O4. The number of pyridine rings is 1. The number of ether oxygens (including phenoxy) is 2. The summed E-state index contributed by atoms with van der Waals surface area (Å²) in [6.07, 6.45) is 8.18. The number of halogens is 1. The lowest BCUT2D eigenvalue weighted by Crippen LogP contribution is -2.03. The van der Waals surface area contributed by atoms with Crippen LogP contribution in [0.3, 0.4) is 0 Å². The van der Waals surface area contributed by atoms with Crippen molar-refractivity contribution in [2.24, 2.45) is 5.10 Å². The average molecular weight is 466 g/mol.